The zero-order valence-corrected chi connectivity index (χ0v) is 16.8. The second-order valence-corrected chi connectivity index (χ2v) is 7.27. The van der Waals surface area contributed by atoms with Crippen LogP contribution in [0.4, 0.5) is 0 Å². The van der Waals surface area contributed by atoms with E-state index >= 15 is 0 Å². The molecular formula is C19H20N2O4S2. The van der Waals surface area contributed by atoms with Crippen LogP contribution in [0.5, 0.6) is 5.75 Å². The van der Waals surface area contributed by atoms with Gasteiger partial charge in [-0.15, -0.1) is 11.3 Å². The Morgan fingerprint density at radius 2 is 2.00 bits per heavy atom. The molecule has 0 atom stereocenters. The lowest BCUT2D eigenvalue weighted by Crippen LogP contribution is -2.12. The minimum absolute atomic E-state index is 0.191. The molecule has 0 spiro atoms. The summed E-state index contributed by atoms with van der Waals surface area (Å²) in [5.41, 5.74) is 2.10. The van der Waals surface area contributed by atoms with Gasteiger partial charge in [-0.2, -0.15) is 0 Å². The van der Waals surface area contributed by atoms with E-state index in [4.69, 9.17) is 14.2 Å². The molecule has 0 N–H and O–H groups in total. The minimum Gasteiger partial charge on any atom is -0.497 e. The molecule has 0 aliphatic carbocycles. The summed E-state index contributed by atoms with van der Waals surface area (Å²) in [6.07, 6.45) is 1.53. The molecule has 3 aromatic rings. The van der Waals surface area contributed by atoms with Gasteiger partial charge in [0.25, 0.3) is 0 Å². The summed E-state index contributed by atoms with van der Waals surface area (Å²) in [6, 6.07) is 7.85. The van der Waals surface area contributed by atoms with Crippen LogP contribution < -0.4 is 4.74 Å². The Balaban J connectivity index is 1.75. The van der Waals surface area contributed by atoms with Crippen LogP contribution in [0.3, 0.4) is 0 Å². The average molecular weight is 405 g/mol. The summed E-state index contributed by atoms with van der Waals surface area (Å²) >= 11 is 2.92. The van der Waals surface area contributed by atoms with E-state index in [-0.39, 0.29) is 18.3 Å². The smallest absolute Gasteiger partial charge is 0.316 e. The first-order chi connectivity index (χ1) is 13.2. The Morgan fingerprint density at radius 1 is 1.19 bits per heavy atom. The number of rotatable bonds is 9. The molecule has 27 heavy (non-hydrogen) atoms. The van der Waals surface area contributed by atoms with Crippen molar-refractivity contribution < 1.29 is 19.0 Å². The number of thiophene rings is 1. The van der Waals surface area contributed by atoms with Crippen LogP contribution >= 0.6 is 23.1 Å². The lowest BCUT2D eigenvalue weighted by Gasteiger charge is -2.07. The van der Waals surface area contributed by atoms with Gasteiger partial charge in [-0.3, -0.25) is 4.79 Å². The monoisotopic (exact) mass is 404 g/mol. The molecule has 2 aromatic heterocycles. The van der Waals surface area contributed by atoms with Crippen molar-refractivity contribution in [3.05, 3.63) is 36.0 Å². The summed E-state index contributed by atoms with van der Waals surface area (Å²) in [5, 5.41) is 3.79. The summed E-state index contributed by atoms with van der Waals surface area (Å²) in [6.45, 7) is 3.19. The maximum atomic E-state index is 11.9. The number of carbonyl (C=O) groups excluding carboxylic acids is 1. The average Bonchev–Trinajstić information content (AvgIpc) is 3.14. The third kappa shape index (κ3) is 4.97. The highest BCUT2D eigenvalue weighted by Crippen LogP contribution is 2.38. The number of fused-ring (bicyclic) bond motifs is 1. The summed E-state index contributed by atoms with van der Waals surface area (Å²) in [4.78, 5) is 21.6. The Labute approximate surface area is 165 Å². The Bertz CT molecular complexity index is 896. The van der Waals surface area contributed by atoms with Crippen LogP contribution in [-0.4, -0.2) is 48.6 Å². The Morgan fingerprint density at radius 3 is 2.74 bits per heavy atom. The zero-order chi connectivity index (χ0) is 19.1. The third-order valence-electron chi connectivity index (χ3n) is 3.76. The third-order valence-corrected chi connectivity index (χ3v) is 5.61. The number of esters is 1. The number of methoxy groups -OCH3 is 1. The van der Waals surface area contributed by atoms with Gasteiger partial charge >= 0.3 is 5.97 Å². The molecule has 0 bridgehead atoms. The van der Waals surface area contributed by atoms with E-state index in [0.29, 0.717) is 13.2 Å². The van der Waals surface area contributed by atoms with Gasteiger partial charge in [0.2, 0.25) is 0 Å². The first-order valence-electron chi connectivity index (χ1n) is 8.45. The molecule has 8 heteroatoms. The van der Waals surface area contributed by atoms with Gasteiger partial charge in [0.1, 0.15) is 28.5 Å². The van der Waals surface area contributed by atoms with Gasteiger partial charge in [-0.1, -0.05) is 23.9 Å². The molecule has 0 saturated carbocycles. The van der Waals surface area contributed by atoms with Crippen LogP contribution in [-0.2, 0) is 14.3 Å². The van der Waals surface area contributed by atoms with Gasteiger partial charge in [0, 0.05) is 17.6 Å². The highest BCUT2D eigenvalue weighted by Gasteiger charge is 2.15. The highest BCUT2D eigenvalue weighted by molar-refractivity contribution is 8.00. The van der Waals surface area contributed by atoms with Crippen molar-refractivity contribution in [2.24, 2.45) is 0 Å². The molecule has 0 saturated heterocycles. The zero-order valence-electron chi connectivity index (χ0n) is 15.1. The number of benzene rings is 1. The van der Waals surface area contributed by atoms with Gasteiger partial charge in [-0.05, 0) is 24.6 Å². The van der Waals surface area contributed by atoms with Crippen LogP contribution in [0.2, 0.25) is 0 Å². The SMILES string of the molecule is CCOCCOC(=O)CSc1ncnc2scc(-c3ccc(OC)cc3)c12. The van der Waals surface area contributed by atoms with Crippen molar-refractivity contribution in [3.8, 4) is 16.9 Å². The predicted octanol–water partition coefficient (Wildman–Crippen LogP) is 4.04. The lowest BCUT2D eigenvalue weighted by atomic mass is 10.1. The number of ether oxygens (including phenoxy) is 3. The lowest BCUT2D eigenvalue weighted by molar-refractivity contribution is -0.141. The van der Waals surface area contributed by atoms with Crippen molar-refractivity contribution in [2.45, 2.75) is 11.9 Å². The van der Waals surface area contributed by atoms with Gasteiger partial charge < -0.3 is 14.2 Å². The second kappa shape index (κ2) is 9.68. The van der Waals surface area contributed by atoms with Gasteiger partial charge in [0.05, 0.1) is 24.9 Å². The van der Waals surface area contributed by atoms with E-state index in [9.17, 15) is 4.79 Å². The second-order valence-electron chi connectivity index (χ2n) is 5.44. The molecule has 0 aliphatic rings. The van der Waals surface area contributed by atoms with E-state index in [1.165, 1.54) is 18.1 Å². The number of nitrogens with zero attached hydrogens (tertiary/aromatic N) is 2. The number of thioether (sulfide) groups is 1. The molecule has 0 aliphatic heterocycles. The van der Waals surface area contributed by atoms with Gasteiger partial charge in [-0.25, -0.2) is 9.97 Å². The number of hydrogen-bond acceptors (Lipinski definition) is 8. The van der Waals surface area contributed by atoms with E-state index in [0.717, 1.165) is 32.1 Å². The van der Waals surface area contributed by atoms with Crippen LogP contribution in [0, 0.1) is 0 Å². The fourth-order valence-corrected chi connectivity index (χ4v) is 4.26. The van der Waals surface area contributed by atoms with Crippen LogP contribution in [0.1, 0.15) is 6.92 Å². The number of hydrogen-bond donors (Lipinski definition) is 0. The molecule has 0 amide bonds. The van der Waals surface area contributed by atoms with E-state index < -0.39 is 0 Å². The van der Waals surface area contributed by atoms with Crippen molar-refractivity contribution in [3.63, 3.8) is 0 Å². The first-order valence-corrected chi connectivity index (χ1v) is 10.3. The minimum atomic E-state index is -0.285. The van der Waals surface area contributed by atoms with Crippen LogP contribution in [0.25, 0.3) is 21.3 Å². The Hall–Kier alpha value is -2.16. The summed E-state index contributed by atoms with van der Waals surface area (Å²) < 4.78 is 15.5. The van der Waals surface area contributed by atoms with E-state index in [1.54, 1.807) is 18.4 Å². The molecule has 3 rings (SSSR count). The number of carbonyl (C=O) groups is 1. The molecule has 0 radical (unpaired) electrons. The molecule has 2 heterocycles. The fraction of sp³-hybridized carbons (Fsp3) is 0.316. The molecule has 0 unspecified atom stereocenters. The molecular weight excluding hydrogens is 384 g/mol. The predicted molar refractivity (Wildman–Crippen MR) is 108 cm³/mol. The maximum absolute atomic E-state index is 11.9. The topological polar surface area (TPSA) is 70.5 Å². The molecule has 142 valence electrons. The quantitative estimate of drug-likeness (QED) is 0.231. The fourth-order valence-electron chi connectivity index (χ4n) is 2.47. The summed E-state index contributed by atoms with van der Waals surface area (Å²) in [5.74, 6) is 0.711. The van der Waals surface area contributed by atoms with Crippen molar-refractivity contribution in [1.29, 1.82) is 0 Å². The van der Waals surface area contributed by atoms with Crippen molar-refractivity contribution in [2.75, 3.05) is 32.7 Å². The Kier molecular flexibility index (Phi) is 7.03. The van der Waals surface area contributed by atoms with Crippen molar-refractivity contribution in [1.82, 2.24) is 9.97 Å². The first kappa shape index (κ1) is 19.6. The van der Waals surface area contributed by atoms with Gasteiger partial charge in [0.15, 0.2) is 0 Å². The van der Waals surface area contributed by atoms with E-state index in [2.05, 4.69) is 15.3 Å². The highest BCUT2D eigenvalue weighted by atomic mass is 32.2. The maximum Gasteiger partial charge on any atom is 0.316 e. The van der Waals surface area contributed by atoms with E-state index in [1.807, 2.05) is 31.2 Å². The molecule has 6 nitrogen and oxygen atoms in total. The van der Waals surface area contributed by atoms with Crippen molar-refractivity contribution >= 4 is 39.3 Å². The number of aromatic nitrogens is 2. The molecule has 1 aromatic carbocycles. The largest absolute Gasteiger partial charge is 0.497 e. The van der Waals surface area contributed by atoms with Crippen LogP contribution in [0.15, 0.2) is 41.0 Å². The standard InChI is InChI=1S/C19H20N2O4S2/c1-3-24-8-9-25-16(22)11-27-19-17-15(10-26-18(17)20-12-21-19)13-4-6-14(23-2)7-5-13/h4-7,10,12H,3,8-9,11H2,1-2H3. The normalized spacial score (nSPS) is 10.9. The molecule has 0 fully saturated rings. The summed E-state index contributed by atoms with van der Waals surface area (Å²) in [7, 11) is 1.64.